The van der Waals surface area contributed by atoms with Gasteiger partial charge in [0.05, 0.1) is 31.1 Å². The van der Waals surface area contributed by atoms with Crippen LogP contribution in [0, 0.1) is 0 Å². The molecule has 0 bridgehead atoms. The zero-order valence-electron chi connectivity index (χ0n) is 22.3. The zero-order valence-corrected chi connectivity index (χ0v) is 22.3. The molecule has 3 atom stereocenters. The molecule has 0 saturated carbocycles. The van der Waals surface area contributed by atoms with Gasteiger partial charge in [-0.2, -0.15) is 0 Å². The summed E-state index contributed by atoms with van der Waals surface area (Å²) >= 11 is 0. The molecule has 0 radical (unpaired) electrons. The molecule has 0 spiro atoms. The van der Waals surface area contributed by atoms with Crippen molar-refractivity contribution in [2.24, 2.45) is 0 Å². The van der Waals surface area contributed by atoms with Gasteiger partial charge >= 0.3 is 0 Å². The van der Waals surface area contributed by atoms with Crippen LogP contribution in [0.2, 0.25) is 0 Å². The number of ether oxygens (including phenoxy) is 2. The van der Waals surface area contributed by atoms with Crippen LogP contribution in [-0.4, -0.2) is 49.5 Å². The highest BCUT2D eigenvalue weighted by Gasteiger charge is 2.36. The molecular formula is C29H32N7O4+. The number of hydrogen-bond donors (Lipinski definition) is 2. The minimum Gasteiger partial charge on any atom is -0.494 e. The predicted molar refractivity (Wildman–Crippen MR) is 146 cm³/mol. The Bertz CT molecular complexity index is 1590. The minimum absolute atomic E-state index is 0.0263. The molecule has 5 aromatic rings. The van der Waals surface area contributed by atoms with E-state index in [1.54, 1.807) is 17.1 Å². The molecule has 11 nitrogen and oxygen atoms in total. The molecular weight excluding hydrogens is 510 g/mol. The highest BCUT2D eigenvalue weighted by molar-refractivity contribution is 5.80. The smallest absolute Gasteiger partial charge is 0.258 e. The molecule has 206 valence electrons. The van der Waals surface area contributed by atoms with Crippen molar-refractivity contribution in [2.75, 3.05) is 13.2 Å². The van der Waals surface area contributed by atoms with Crippen LogP contribution in [0.15, 0.2) is 76.4 Å². The fraction of sp³-hybridized carbons (Fsp3) is 0.345. The number of furan rings is 1. The number of hydrogen-bond acceptors (Lipinski definition) is 8. The van der Waals surface area contributed by atoms with E-state index in [1.165, 1.54) is 0 Å². The Labute approximate surface area is 230 Å². The molecule has 4 aromatic heterocycles. The lowest BCUT2D eigenvalue weighted by Gasteiger charge is -2.27. The van der Waals surface area contributed by atoms with Crippen LogP contribution in [0.3, 0.4) is 0 Å². The molecule has 3 unspecified atom stereocenters. The van der Waals surface area contributed by atoms with Gasteiger partial charge in [0.2, 0.25) is 5.82 Å². The summed E-state index contributed by atoms with van der Waals surface area (Å²) in [5.74, 6) is 2.12. The van der Waals surface area contributed by atoms with E-state index in [0.29, 0.717) is 37.6 Å². The number of aromatic amines is 1. The average molecular weight is 543 g/mol. The lowest BCUT2D eigenvalue weighted by Crippen LogP contribution is -3.10. The number of fused-ring (bicyclic) bond motifs is 1. The summed E-state index contributed by atoms with van der Waals surface area (Å²) in [7, 11) is 0. The molecule has 0 amide bonds. The van der Waals surface area contributed by atoms with E-state index in [1.807, 2.05) is 61.7 Å². The Hall–Kier alpha value is -4.35. The van der Waals surface area contributed by atoms with Gasteiger partial charge in [0.15, 0.2) is 11.8 Å². The van der Waals surface area contributed by atoms with Crippen molar-refractivity contribution in [1.29, 1.82) is 0 Å². The molecule has 2 N–H and O–H groups in total. The second kappa shape index (κ2) is 11.8. The quantitative estimate of drug-likeness (QED) is 0.261. The second-order valence-electron chi connectivity index (χ2n) is 9.98. The van der Waals surface area contributed by atoms with Crippen molar-refractivity contribution in [3.05, 3.63) is 100 Å². The number of tetrazole rings is 1. The molecule has 1 saturated heterocycles. The lowest BCUT2D eigenvalue weighted by molar-refractivity contribution is -0.954. The normalized spacial score (nSPS) is 16.8. The van der Waals surface area contributed by atoms with Crippen LogP contribution in [-0.2, 0) is 24.4 Å². The fourth-order valence-corrected chi connectivity index (χ4v) is 5.41. The molecule has 11 heteroatoms. The summed E-state index contributed by atoms with van der Waals surface area (Å²) in [6.45, 7) is 4.79. The van der Waals surface area contributed by atoms with Crippen LogP contribution in [0.1, 0.15) is 48.5 Å². The van der Waals surface area contributed by atoms with Crippen LogP contribution >= 0.6 is 0 Å². The molecule has 0 aliphatic carbocycles. The first-order valence-corrected chi connectivity index (χ1v) is 13.6. The van der Waals surface area contributed by atoms with Crippen molar-refractivity contribution >= 4 is 10.9 Å². The Balaban J connectivity index is 1.50. The molecule has 1 aliphatic heterocycles. The predicted octanol–water partition coefficient (Wildman–Crippen LogP) is 2.46. The second-order valence-corrected chi connectivity index (χ2v) is 9.98. The van der Waals surface area contributed by atoms with Gasteiger partial charge in [-0.3, -0.25) is 9.78 Å². The fourth-order valence-electron chi connectivity index (χ4n) is 5.41. The third-order valence-corrected chi connectivity index (χ3v) is 7.23. The lowest BCUT2D eigenvalue weighted by atomic mass is 10.0. The molecule has 40 heavy (non-hydrogen) atoms. The zero-order chi connectivity index (χ0) is 27.3. The summed E-state index contributed by atoms with van der Waals surface area (Å²) < 4.78 is 19.2. The van der Waals surface area contributed by atoms with Crippen LogP contribution in [0.25, 0.3) is 10.9 Å². The number of nitrogens with zero attached hydrogens (tertiary/aromatic N) is 5. The highest BCUT2D eigenvalue weighted by Crippen LogP contribution is 2.24. The highest BCUT2D eigenvalue weighted by atomic mass is 16.5. The Kier molecular flexibility index (Phi) is 7.64. The Morgan fingerprint density at radius 2 is 2.15 bits per heavy atom. The van der Waals surface area contributed by atoms with Crippen LogP contribution < -0.4 is 15.2 Å². The third kappa shape index (κ3) is 5.65. The van der Waals surface area contributed by atoms with E-state index in [2.05, 4.69) is 25.5 Å². The largest absolute Gasteiger partial charge is 0.494 e. The summed E-state index contributed by atoms with van der Waals surface area (Å²) in [5.41, 5.74) is 2.10. The van der Waals surface area contributed by atoms with Crippen LogP contribution in [0.5, 0.6) is 5.75 Å². The average Bonchev–Trinajstić information content (AvgIpc) is 3.75. The van der Waals surface area contributed by atoms with E-state index >= 15 is 0 Å². The maximum atomic E-state index is 13.8. The van der Waals surface area contributed by atoms with Gasteiger partial charge in [0.1, 0.15) is 18.8 Å². The Morgan fingerprint density at radius 3 is 2.92 bits per heavy atom. The van der Waals surface area contributed by atoms with Crippen molar-refractivity contribution < 1.29 is 18.8 Å². The number of quaternary nitrogens is 1. The van der Waals surface area contributed by atoms with E-state index in [9.17, 15) is 4.79 Å². The monoisotopic (exact) mass is 542 g/mol. The Morgan fingerprint density at radius 1 is 1.20 bits per heavy atom. The topological polar surface area (TPSA) is 125 Å². The van der Waals surface area contributed by atoms with E-state index in [0.717, 1.165) is 52.3 Å². The minimum atomic E-state index is -0.523. The summed E-state index contributed by atoms with van der Waals surface area (Å²) in [6.07, 6.45) is 7.23. The van der Waals surface area contributed by atoms with E-state index < -0.39 is 6.04 Å². The molecule has 6 rings (SSSR count). The molecule has 1 fully saturated rings. The molecule has 5 heterocycles. The van der Waals surface area contributed by atoms with Crippen LogP contribution in [0.4, 0.5) is 0 Å². The van der Waals surface area contributed by atoms with E-state index in [-0.39, 0.29) is 11.7 Å². The van der Waals surface area contributed by atoms with Gasteiger partial charge < -0.3 is 23.8 Å². The SMILES string of the molecule is CCOc1ccc2[nH]c(=O)c(C(c3nnnn3CC3CCCO3)[NH+](Cc3cccnc3)Cc3ccco3)cc2c1. The van der Waals surface area contributed by atoms with Gasteiger partial charge in [0, 0.05) is 35.5 Å². The van der Waals surface area contributed by atoms with Crippen molar-refractivity contribution in [3.8, 4) is 5.75 Å². The van der Waals surface area contributed by atoms with Crippen molar-refractivity contribution in [3.63, 3.8) is 0 Å². The van der Waals surface area contributed by atoms with Gasteiger partial charge in [-0.05, 0) is 72.7 Å². The third-order valence-electron chi connectivity index (χ3n) is 7.23. The van der Waals surface area contributed by atoms with Gasteiger partial charge in [-0.1, -0.05) is 6.07 Å². The first-order chi connectivity index (χ1) is 19.7. The van der Waals surface area contributed by atoms with Gasteiger partial charge in [-0.15, -0.1) is 5.10 Å². The maximum absolute atomic E-state index is 13.8. The number of nitrogens with one attached hydrogen (secondary N) is 2. The van der Waals surface area contributed by atoms with Gasteiger partial charge in [-0.25, -0.2) is 4.68 Å². The standard InChI is InChI=1S/C29H31N7O4/c1-2-38-22-9-10-26-21(14-22)15-25(29(37)31-26)27(28-32-33-34-36(28)19-24-8-5-13-40-24)35(18-23-7-4-12-39-23)17-20-6-3-11-30-16-20/h3-4,6-7,9-12,14-16,24,27H,2,5,8,13,17-19H2,1H3,(H,31,37)/p+1. The first-order valence-electron chi connectivity index (χ1n) is 13.6. The number of rotatable bonds is 11. The number of H-pyrrole nitrogens is 1. The number of benzene rings is 1. The number of pyridine rings is 2. The van der Waals surface area contributed by atoms with Crippen molar-refractivity contribution in [1.82, 2.24) is 30.2 Å². The summed E-state index contributed by atoms with van der Waals surface area (Å²) in [5, 5.41) is 13.8. The van der Waals surface area contributed by atoms with Gasteiger partial charge in [0.25, 0.3) is 5.56 Å². The molecule has 1 aliphatic rings. The maximum Gasteiger partial charge on any atom is 0.258 e. The van der Waals surface area contributed by atoms with Crippen molar-refractivity contribution in [2.45, 2.75) is 51.5 Å². The van der Waals surface area contributed by atoms with E-state index in [4.69, 9.17) is 13.9 Å². The molecule has 1 aromatic carbocycles. The summed E-state index contributed by atoms with van der Waals surface area (Å²) in [4.78, 5) is 22.2. The summed E-state index contributed by atoms with van der Waals surface area (Å²) in [6, 6.07) is 14.8. The number of aromatic nitrogens is 6. The first kappa shape index (κ1) is 25.9.